The first-order valence-electron chi connectivity index (χ1n) is 4.99. The molecule has 1 aromatic carbocycles. The van der Waals surface area contributed by atoms with Crippen LogP contribution in [0.1, 0.15) is 19.8 Å². The average molecular weight is 245 g/mol. The Kier molecular flexibility index (Phi) is 6.53. The predicted molar refractivity (Wildman–Crippen MR) is 66.9 cm³/mol. The van der Waals surface area contributed by atoms with Crippen molar-refractivity contribution in [3.8, 4) is 5.75 Å². The van der Waals surface area contributed by atoms with E-state index >= 15 is 0 Å². The summed E-state index contributed by atoms with van der Waals surface area (Å²) in [4.78, 5) is 11.5. The summed E-state index contributed by atoms with van der Waals surface area (Å²) in [6, 6.07) is 5.82. The minimum Gasteiger partial charge on any atom is -0.508 e. The van der Waals surface area contributed by atoms with Crippen molar-refractivity contribution in [3.63, 3.8) is 0 Å². The van der Waals surface area contributed by atoms with Crippen LogP contribution in [0.2, 0.25) is 0 Å². The molecule has 0 aromatic heterocycles. The number of phenolic OH excluding ortho intramolecular Hbond substituents is 1. The highest BCUT2D eigenvalue weighted by molar-refractivity contribution is 5.94. The quantitative estimate of drug-likeness (QED) is 0.708. The highest BCUT2D eigenvalue weighted by atomic mass is 35.5. The molecule has 4 nitrogen and oxygen atoms in total. The molecule has 1 unspecified atom stereocenters. The van der Waals surface area contributed by atoms with Gasteiger partial charge in [-0.3, -0.25) is 4.79 Å². The van der Waals surface area contributed by atoms with Gasteiger partial charge in [0.1, 0.15) is 5.75 Å². The normalized spacial score (nSPS) is 11.4. The highest BCUT2D eigenvalue weighted by Gasteiger charge is 2.11. The van der Waals surface area contributed by atoms with Gasteiger partial charge in [0.2, 0.25) is 5.91 Å². The van der Waals surface area contributed by atoms with Gasteiger partial charge in [-0.15, -0.1) is 12.4 Å². The molecule has 0 aliphatic rings. The molecule has 1 amide bonds. The van der Waals surface area contributed by atoms with Gasteiger partial charge in [0.25, 0.3) is 0 Å². The molecule has 0 spiro atoms. The molecule has 4 N–H and O–H groups in total. The first-order valence-corrected chi connectivity index (χ1v) is 4.99. The van der Waals surface area contributed by atoms with Crippen molar-refractivity contribution in [1.29, 1.82) is 0 Å². The topological polar surface area (TPSA) is 75.4 Å². The van der Waals surface area contributed by atoms with Gasteiger partial charge >= 0.3 is 0 Å². The maximum absolute atomic E-state index is 11.5. The number of carbonyl (C=O) groups is 1. The molecule has 16 heavy (non-hydrogen) atoms. The van der Waals surface area contributed by atoms with Crippen molar-refractivity contribution in [2.75, 3.05) is 5.32 Å². The van der Waals surface area contributed by atoms with E-state index in [-0.39, 0.29) is 24.1 Å². The second-order valence-electron chi connectivity index (χ2n) is 3.43. The second kappa shape index (κ2) is 7.09. The Morgan fingerprint density at radius 3 is 2.50 bits per heavy atom. The number of nitrogens with two attached hydrogens (primary N) is 1. The second-order valence-corrected chi connectivity index (χ2v) is 3.43. The summed E-state index contributed by atoms with van der Waals surface area (Å²) in [6.07, 6.45) is 1.55. The standard InChI is InChI=1S/C11H16N2O2.ClH/c1-2-3-10(12)11(15)13-8-4-6-9(14)7-5-8;/h4-7,10,14H,2-3,12H2,1H3,(H,13,15);1H. The zero-order valence-electron chi connectivity index (χ0n) is 9.14. The molecule has 0 radical (unpaired) electrons. The van der Waals surface area contributed by atoms with Crippen LogP contribution < -0.4 is 11.1 Å². The molecule has 0 saturated carbocycles. The fraction of sp³-hybridized carbons (Fsp3) is 0.364. The number of halogens is 1. The number of carbonyl (C=O) groups excluding carboxylic acids is 1. The van der Waals surface area contributed by atoms with Crippen LogP contribution in [0.3, 0.4) is 0 Å². The zero-order valence-corrected chi connectivity index (χ0v) is 9.96. The number of rotatable bonds is 4. The summed E-state index contributed by atoms with van der Waals surface area (Å²) in [5.41, 5.74) is 6.29. The van der Waals surface area contributed by atoms with Gasteiger partial charge in [-0.05, 0) is 30.7 Å². The Morgan fingerprint density at radius 2 is 2.00 bits per heavy atom. The minimum absolute atomic E-state index is 0. The van der Waals surface area contributed by atoms with Gasteiger partial charge in [0.15, 0.2) is 0 Å². The average Bonchev–Trinajstić information content (AvgIpc) is 2.22. The van der Waals surface area contributed by atoms with Gasteiger partial charge in [-0.1, -0.05) is 13.3 Å². The molecule has 0 aliphatic carbocycles. The lowest BCUT2D eigenvalue weighted by molar-refractivity contribution is -0.117. The first kappa shape index (κ1) is 14.7. The predicted octanol–water partition coefficient (Wildman–Crippen LogP) is 1.88. The van der Waals surface area contributed by atoms with Crippen LogP contribution in [0.5, 0.6) is 5.75 Å². The van der Waals surface area contributed by atoms with E-state index in [1.165, 1.54) is 12.1 Å². The van der Waals surface area contributed by atoms with Gasteiger partial charge in [-0.25, -0.2) is 0 Å². The highest BCUT2D eigenvalue weighted by Crippen LogP contribution is 2.13. The van der Waals surface area contributed by atoms with Crippen molar-refractivity contribution in [1.82, 2.24) is 0 Å². The molecule has 0 aliphatic heterocycles. The molecule has 1 aromatic rings. The van der Waals surface area contributed by atoms with Crippen LogP contribution in [-0.4, -0.2) is 17.1 Å². The number of nitrogens with one attached hydrogen (secondary N) is 1. The van der Waals surface area contributed by atoms with E-state index in [4.69, 9.17) is 10.8 Å². The molecule has 1 rings (SSSR count). The summed E-state index contributed by atoms with van der Waals surface area (Å²) in [5.74, 6) is -0.0200. The number of hydrogen-bond donors (Lipinski definition) is 3. The van der Waals surface area contributed by atoms with Crippen molar-refractivity contribution in [3.05, 3.63) is 24.3 Å². The van der Waals surface area contributed by atoms with E-state index in [2.05, 4.69) is 5.32 Å². The number of aromatic hydroxyl groups is 1. The van der Waals surface area contributed by atoms with E-state index < -0.39 is 6.04 Å². The maximum Gasteiger partial charge on any atom is 0.241 e. The molecule has 0 bridgehead atoms. The Bertz CT molecular complexity index is 327. The number of phenols is 1. The van der Waals surface area contributed by atoms with Gasteiger partial charge < -0.3 is 16.2 Å². The van der Waals surface area contributed by atoms with Crippen LogP contribution in [0.4, 0.5) is 5.69 Å². The summed E-state index contributed by atoms with van der Waals surface area (Å²) in [7, 11) is 0. The van der Waals surface area contributed by atoms with E-state index in [1.54, 1.807) is 12.1 Å². The van der Waals surface area contributed by atoms with E-state index in [9.17, 15) is 4.79 Å². The van der Waals surface area contributed by atoms with Crippen LogP contribution in [-0.2, 0) is 4.79 Å². The number of hydrogen-bond acceptors (Lipinski definition) is 3. The number of anilines is 1. The molecule has 0 fully saturated rings. The van der Waals surface area contributed by atoms with Crippen LogP contribution in [0, 0.1) is 0 Å². The molecular weight excluding hydrogens is 228 g/mol. The van der Waals surface area contributed by atoms with Crippen LogP contribution in [0.25, 0.3) is 0 Å². The third kappa shape index (κ3) is 4.51. The lowest BCUT2D eigenvalue weighted by Gasteiger charge is -2.10. The summed E-state index contributed by atoms with van der Waals surface area (Å²) in [5, 5.41) is 11.7. The van der Waals surface area contributed by atoms with E-state index in [1.807, 2.05) is 6.92 Å². The fourth-order valence-electron chi connectivity index (χ4n) is 1.22. The fourth-order valence-corrected chi connectivity index (χ4v) is 1.22. The summed E-state index contributed by atoms with van der Waals surface area (Å²) < 4.78 is 0. The lowest BCUT2D eigenvalue weighted by atomic mass is 10.1. The SMILES string of the molecule is CCCC(N)C(=O)Nc1ccc(O)cc1.Cl. The molecule has 90 valence electrons. The summed E-state index contributed by atoms with van der Waals surface area (Å²) >= 11 is 0. The minimum atomic E-state index is -0.469. The molecule has 0 heterocycles. The van der Waals surface area contributed by atoms with Gasteiger partial charge in [-0.2, -0.15) is 0 Å². The Labute approximate surface area is 101 Å². The number of benzene rings is 1. The zero-order chi connectivity index (χ0) is 11.3. The first-order chi connectivity index (χ1) is 7.13. The largest absolute Gasteiger partial charge is 0.508 e. The maximum atomic E-state index is 11.5. The third-order valence-electron chi connectivity index (χ3n) is 2.07. The molecule has 1 atom stereocenters. The van der Waals surface area contributed by atoms with Crippen molar-refractivity contribution in [2.45, 2.75) is 25.8 Å². The van der Waals surface area contributed by atoms with Crippen LogP contribution in [0.15, 0.2) is 24.3 Å². The Hall–Kier alpha value is -1.26. The van der Waals surface area contributed by atoms with E-state index in [0.717, 1.165) is 6.42 Å². The number of amides is 1. The Balaban J connectivity index is 0.00000225. The lowest BCUT2D eigenvalue weighted by Crippen LogP contribution is -2.35. The van der Waals surface area contributed by atoms with Crippen molar-refractivity contribution < 1.29 is 9.90 Å². The third-order valence-corrected chi connectivity index (χ3v) is 2.07. The smallest absolute Gasteiger partial charge is 0.241 e. The van der Waals surface area contributed by atoms with E-state index in [0.29, 0.717) is 12.1 Å². The molecular formula is C11H17ClN2O2. The molecule has 5 heteroatoms. The monoisotopic (exact) mass is 244 g/mol. The van der Waals surface area contributed by atoms with Crippen molar-refractivity contribution in [2.24, 2.45) is 5.73 Å². The van der Waals surface area contributed by atoms with Crippen LogP contribution >= 0.6 is 12.4 Å². The van der Waals surface area contributed by atoms with Crippen molar-refractivity contribution >= 4 is 24.0 Å². The summed E-state index contributed by atoms with van der Waals surface area (Å²) in [6.45, 7) is 1.98. The van der Waals surface area contributed by atoms with Gasteiger partial charge in [0.05, 0.1) is 6.04 Å². The molecule has 0 saturated heterocycles. The Morgan fingerprint density at radius 1 is 1.44 bits per heavy atom. The van der Waals surface area contributed by atoms with Gasteiger partial charge in [0, 0.05) is 5.69 Å².